The zero-order valence-electron chi connectivity index (χ0n) is 10.7. The van der Waals surface area contributed by atoms with Gasteiger partial charge in [0.15, 0.2) is 0 Å². The molecular weight excluding hydrogens is 282 g/mol. The third-order valence-electron chi connectivity index (χ3n) is 2.88. The summed E-state index contributed by atoms with van der Waals surface area (Å²) in [6.07, 6.45) is 0.855. The van der Waals surface area contributed by atoms with Gasteiger partial charge in [0.05, 0.1) is 11.6 Å². The van der Waals surface area contributed by atoms with Gasteiger partial charge in [-0.25, -0.2) is 0 Å². The molecule has 5 heteroatoms. The average molecular weight is 298 g/mol. The predicted octanol–water partition coefficient (Wildman–Crippen LogP) is 3.40. The highest BCUT2D eigenvalue weighted by atomic mass is 35.5. The Labute approximate surface area is 121 Å². The van der Waals surface area contributed by atoms with Crippen LogP contribution in [0.1, 0.15) is 23.0 Å². The van der Waals surface area contributed by atoms with Gasteiger partial charge in [0, 0.05) is 23.2 Å². The molecule has 0 saturated heterocycles. The molecule has 0 aliphatic carbocycles. The molecule has 102 valence electrons. The van der Waals surface area contributed by atoms with E-state index in [0.717, 1.165) is 16.5 Å². The van der Waals surface area contributed by atoms with E-state index in [9.17, 15) is 4.79 Å². The number of aliphatic hydroxyl groups excluding tert-OH is 1. The van der Waals surface area contributed by atoms with E-state index in [1.807, 2.05) is 31.2 Å². The van der Waals surface area contributed by atoms with Crippen molar-refractivity contribution in [3.8, 4) is 0 Å². The highest BCUT2D eigenvalue weighted by molar-refractivity contribution is 7.21. The summed E-state index contributed by atoms with van der Waals surface area (Å²) in [6, 6.07) is 7.72. The van der Waals surface area contributed by atoms with Crippen LogP contribution < -0.4 is 0 Å². The monoisotopic (exact) mass is 297 g/mol. The maximum atomic E-state index is 12.5. The lowest BCUT2D eigenvalue weighted by atomic mass is 10.2. The Morgan fingerprint density at radius 2 is 2.11 bits per heavy atom. The standard InChI is InChI=1S/C14H16ClNO2S/c1-2-7-16(8-9-17)14(18)13-12(15)10-5-3-4-6-11(10)19-13/h3-6,17H,2,7-9H2,1H3. The number of hydrogen-bond donors (Lipinski definition) is 1. The van der Waals surface area contributed by atoms with Gasteiger partial charge in [-0.1, -0.05) is 36.7 Å². The van der Waals surface area contributed by atoms with Crippen LogP contribution in [0, 0.1) is 0 Å². The Kier molecular flexibility index (Phi) is 4.80. The van der Waals surface area contributed by atoms with Crippen LogP contribution in [-0.2, 0) is 0 Å². The first kappa shape index (κ1) is 14.3. The molecular formula is C14H16ClNO2S. The van der Waals surface area contributed by atoms with Crippen LogP contribution in [0.2, 0.25) is 5.02 Å². The molecule has 1 N–H and O–H groups in total. The first-order valence-corrected chi connectivity index (χ1v) is 7.45. The van der Waals surface area contributed by atoms with Crippen LogP contribution in [0.5, 0.6) is 0 Å². The van der Waals surface area contributed by atoms with Gasteiger partial charge in [0.25, 0.3) is 5.91 Å². The molecule has 0 aliphatic heterocycles. The molecule has 0 aliphatic rings. The van der Waals surface area contributed by atoms with Crippen LogP contribution in [0.3, 0.4) is 0 Å². The first-order valence-electron chi connectivity index (χ1n) is 6.26. The van der Waals surface area contributed by atoms with E-state index >= 15 is 0 Å². The molecule has 0 fully saturated rings. The Hall–Kier alpha value is -1.10. The van der Waals surface area contributed by atoms with Crippen LogP contribution in [0.25, 0.3) is 10.1 Å². The van der Waals surface area contributed by atoms with Gasteiger partial charge in [0.1, 0.15) is 4.88 Å². The number of rotatable bonds is 5. The SMILES string of the molecule is CCCN(CCO)C(=O)c1sc2ccccc2c1Cl. The van der Waals surface area contributed by atoms with E-state index in [-0.39, 0.29) is 12.5 Å². The van der Waals surface area contributed by atoms with Gasteiger partial charge in [-0.05, 0) is 12.5 Å². The number of nitrogens with zero attached hydrogens (tertiary/aromatic N) is 1. The van der Waals surface area contributed by atoms with E-state index in [1.54, 1.807) is 4.90 Å². The Balaban J connectivity index is 2.37. The maximum Gasteiger partial charge on any atom is 0.265 e. The zero-order valence-corrected chi connectivity index (χ0v) is 12.3. The van der Waals surface area contributed by atoms with E-state index < -0.39 is 0 Å². The van der Waals surface area contributed by atoms with Crippen LogP contribution >= 0.6 is 22.9 Å². The highest BCUT2D eigenvalue weighted by Gasteiger charge is 2.21. The first-order chi connectivity index (χ1) is 9.19. The lowest BCUT2D eigenvalue weighted by molar-refractivity contribution is 0.0727. The summed E-state index contributed by atoms with van der Waals surface area (Å²) < 4.78 is 1.01. The second-order valence-electron chi connectivity index (χ2n) is 4.26. The minimum atomic E-state index is -0.0953. The number of carbonyl (C=O) groups is 1. The lowest BCUT2D eigenvalue weighted by Gasteiger charge is -2.20. The Bertz CT molecular complexity index is 576. The molecule has 1 aromatic carbocycles. The summed E-state index contributed by atoms with van der Waals surface area (Å²) in [6.45, 7) is 2.94. The second-order valence-corrected chi connectivity index (χ2v) is 5.69. The molecule has 0 saturated carbocycles. The fourth-order valence-electron chi connectivity index (χ4n) is 2.00. The molecule has 0 spiro atoms. The number of hydrogen-bond acceptors (Lipinski definition) is 3. The molecule has 0 atom stereocenters. The third-order valence-corrected chi connectivity index (χ3v) is 4.54. The smallest absolute Gasteiger partial charge is 0.265 e. The lowest BCUT2D eigenvalue weighted by Crippen LogP contribution is -2.33. The van der Waals surface area contributed by atoms with Gasteiger partial charge in [0.2, 0.25) is 0 Å². The number of amides is 1. The molecule has 2 rings (SSSR count). The molecule has 1 aromatic heterocycles. The molecule has 0 radical (unpaired) electrons. The Morgan fingerprint density at radius 3 is 2.74 bits per heavy atom. The minimum absolute atomic E-state index is 0.0335. The molecule has 3 nitrogen and oxygen atoms in total. The minimum Gasteiger partial charge on any atom is -0.395 e. The molecule has 2 aromatic rings. The number of carbonyl (C=O) groups excluding carboxylic acids is 1. The van der Waals surface area contributed by atoms with Crippen molar-refractivity contribution in [2.75, 3.05) is 19.7 Å². The van der Waals surface area contributed by atoms with Gasteiger partial charge in [-0.2, -0.15) is 0 Å². The zero-order chi connectivity index (χ0) is 13.8. The molecule has 1 heterocycles. The van der Waals surface area contributed by atoms with E-state index in [4.69, 9.17) is 16.7 Å². The number of thiophene rings is 1. The Morgan fingerprint density at radius 1 is 1.37 bits per heavy atom. The van der Waals surface area contributed by atoms with E-state index in [2.05, 4.69) is 0 Å². The van der Waals surface area contributed by atoms with Crippen molar-refractivity contribution in [3.05, 3.63) is 34.2 Å². The average Bonchev–Trinajstić information content (AvgIpc) is 2.76. The second kappa shape index (κ2) is 6.37. The van der Waals surface area contributed by atoms with Crippen molar-refractivity contribution < 1.29 is 9.90 Å². The quantitative estimate of drug-likeness (QED) is 0.919. The summed E-state index contributed by atoms with van der Waals surface area (Å²) in [5.74, 6) is -0.0953. The number of halogens is 1. The number of fused-ring (bicyclic) bond motifs is 1. The van der Waals surface area contributed by atoms with Crippen molar-refractivity contribution in [2.24, 2.45) is 0 Å². The normalized spacial score (nSPS) is 10.9. The van der Waals surface area contributed by atoms with Gasteiger partial charge in [-0.15, -0.1) is 11.3 Å². The summed E-state index contributed by atoms with van der Waals surface area (Å²) in [4.78, 5) is 14.7. The summed E-state index contributed by atoms with van der Waals surface area (Å²) in [5, 5.41) is 10.5. The maximum absolute atomic E-state index is 12.5. The van der Waals surface area contributed by atoms with Gasteiger partial charge in [-0.3, -0.25) is 4.79 Å². The third kappa shape index (κ3) is 2.91. The summed E-state index contributed by atoms with van der Waals surface area (Å²) in [7, 11) is 0. The molecule has 19 heavy (non-hydrogen) atoms. The number of aliphatic hydroxyl groups is 1. The van der Waals surface area contributed by atoms with Crippen molar-refractivity contribution in [1.29, 1.82) is 0 Å². The predicted molar refractivity (Wildman–Crippen MR) is 80.1 cm³/mol. The van der Waals surface area contributed by atoms with Crippen LogP contribution in [0.15, 0.2) is 24.3 Å². The van der Waals surface area contributed by atoms with Crippen LogP contribution in [0.4, 0.5) is 0 Å². The fraction of sp³-hybridized carbons (Fsp3) is 0.357. The van der Waals surface area contributed by atoms with Gasteiger partial charge >= 0.3 is 0 Å². The molecule has 0 unspecified atom stereocenters. The summed E-state index contributed by atoms with van der Waals surface area (Å²) in [5.41, 5.74) is 0. The van der Waals surface area contributed by atoms with E-state index in [1.165, 1.54) is 11.3 Å². The summed E-state index contributed by atoms with van der Waals surface area (Å²) >= 11 is 7.70. The fourth-order valence-corrected chi connectivity index (χ4v) is 3.48. The highest BCUT2D eigenvalue weighted by Crippen LogP contribution is 2.35. The molecule has 1 amide bonds. The topological polar surface area (TPSA) is 40.5 Å². The van der Waals surface area contributed by atoms with Gasteiger partial charge < -0.3 is 10.0 Å². The number of benzene rings is 1. The van der Waals surface area contributed by atoms with E-state index in [0.29, 0.717) is 23.0 Å². The van der Waals surface area contributed by atoms with Crippen molar-refractivity contribution >= 4 is 38.9 Å². The van der Waals surface area contributed by atoms with Crippen molar-refractivity contribution in [3.63, 3.8) is 0 Å². The van der Waals surface area contributed by atoms with Crippen molar-refractivity contribution in [2.45, 2.75) is 13.3 Å². The van der Waals surface area contributed by atoms with Crippen molar-refractivity contribution in [1.82, 2.24) is 4.90 Å². The largest absolute Gasteiger partial charge is 0.395 e. The van der Waals surface area contributed by atoms with Crippen LogP contribution in [-0.4, -0.2) is 35.6 Å². The molecule has 0 bridgehead atoms.